The monoisotopic (exact) mass is 248 g/mol. The van der Waals surface area contributed by atoms with E-state index in [1.54, 1.807) is 6.20 Å². The molecular formula is C13H20N4O. The van der Waals surface area contributed by atoms with Crippen molar-refractivity contribution < 1.29 is 4.79 Å². The lowest BCUT2D eigenvalue weighted by Crippen LogP contribution is -2.54. The van der Waals surface area contributed by atoms with Crippen LogP contribution in [0.3, 0.4) is 0 Å². The van der Waals surface area contributed by atoms with Gasteiger partial charge in [0.15, 0.2) is 0 Å². The maximum Gasteiger partial charge on any atom is 0.242 e. The highest BCUT2D eigenvalue weighted by atomic mass is 16.2. The van der Waals surface area contributed by atoms with Gasteiger partial charge in [0.1, 0.15) is 11.9 Å². The number of pyridine rings is 1. The average molecular weight is 248 g/mol. The summed E-state index contributed by atoms with van der Waals surface area (Å²) in [6.07, 6.45) is 1.80. The molecule has 1 amide bonds. The van der Waals surface area contributed by atoms with Gasteiger partial charge < -0.3 is 15.5 Å². The van der Waals surface area contributed by atoms with E-state index in [1.165, 1.54) is 5.56 Å². The van der Waals surface area contributed by atoms with Crippen molar-refractivity contribution in [3.8, 4) is 0 Å². The molecule has 5 heteroatoms. The van der Waals surface area contributed by atoms with Gasteiger partial charge in [-0.15, -0.1) is 0 Å². The molecule has 0 aliphatic carbocycles. The Balaban J connectivity index is 2.24. The molecule has 98 valence electrons. The van der Waals surface area contributed by atoms with Gasteiger partial charge in [-0.1, -0.05) is 0 Å². The SMILES string of the molecule is CNC(C)c1ccnc(N2CCNC(=O)C2C)c1. The van der Waals surface area contributed by atoms with E-state index in [0.29, 0.717) is 6.54 Å². The van der Waals surface area contributed by atoms with Gasteiger partial charge in [-0.05, 0) is 38.6 Å². The summed E-state index contributed by atoms with van der Waals surface area (Å²) in [6, 6.07) is 4.17. The Morgan fingerprint density at radius 2 is 2.39 bits per heavy atom. The van der Waals surface area contributed by atoms with Crippen LogP contribution in [0.2, 0.25) is 0 Å². The summed E-state index contributed by atoms with van der Waals surface area (Å²) in [5, 5.41) is 6.07. The first-order valence-corrected chi connectivity index (χ1v) is 6.31. The second-order valence-electron chi connectivity index (χ2n) is 4.62. The van der Waals surface area contributed by atoms with Crippen LogP contribution in [0.4, 0.5) is 5.82 Å². The highest BCUT2D eigenvalue weighted by molar-refractivity contribution is 5.85. The van der Waals surface area contributed by atoms with E-state index in [4.69, 9.17) is 0 Å². The number of nitrogens with one attached hydrogen (secondary N) is 2. The second-order valence-corrected chi connectivity index (χ2v) is 4.62. The Morgan fingerprint density at radius 1 is 1.61 bits per heavy atom. The molecule has 2 rings (SSSR count). The summed E-state index contributed by atoms with van der Waals surface area (Å²) < 4.78 is 0. The molecule has 1 aromatic rings. The van der Waals surface area contributed by atoms with E-state index in [2.05, 4.69) is 28.6 Å². The summed E-state index contributed by atoms with van der Waals surface area (Å²) in [7, 11) is 1.93. The zero-order valence-corrected chi connectivity index (χ0v) is 11.1. The van der Waals surface area contributed by atoms with Crippen LogP contribution in [-0.4, -0.2) is 37.1 Å². The molecule has 2 N–H and O–H groups in total. The maximum absolute atomic E-state index is 11.7. The minimum absolute atomic E-state index is 0.0649. The van der Waals surface area contributed by atoms with Gasteiger partial charge in [-0.2, -0.15) is 0 Å². The number of carbonyl (C=O) groups excluding carboxylic acids is 1. The summed E-state index contributed by atoms with van der Waals surface area (Å²) in [6.45, 7) is 5.49. The van der Waals surface area contributed by atoms with Crippen LogP contribution in [0.5, 0.6) is 0 Å². The molecular weight excluding hydrogens is 228 g/mol. The van der Waals surface area contributed by atoms with Gasteiger partial charge in [0, 0.05) is 25.3 Å². The smallest absolute Gasteiger partial charge is 0.242 e. The fourth-order valence-electron chi connectivity index (χ4n) is 2.12. The van der Waals surface area contributed by atoms with Crippen LogP contribution < -0.4 is 15.5 Å². The molecule has 1 aromatic heterocycles. The van der Waals surface area contributed by atoms with Crippen molar-refractivity contribution in [1.82, 2.24) is 15.6 Å². The predicted molar refractivity (Wildman–Crippen MR) is 71.5 cm³/mol. The van der Waals surface area contributed by atoms with E-state index in [1.807, 2.05) is 24.9 Å². The van der Waals surface area contributed by atoms with Crippen molar-refractivity contribution in [2.75, 3.05) is 25.0 Å². The van der Waals surface area contributed by atoms with Crippen molar-refractivity contribution in [2.45, 2.75) is 25.9 Å². The Kier molecular flexibility index (Phi) is 3.81. The molecule has 2 heterocycles. The fraction of sp³-hybridized carbons (Fsp3) is 0.538. The first-order chi connectivity index (χ1) is 8.63. The molecule has 1 fully saturated rings. The molecule has 0 aromatic carbocycles. The van der Waals surface area contributed by atoms with E-state index < -0.39 is 0 Å². The predicted octanol–water partition coefficient (Wildman–Crippen LogP) is 0.687. The summed E-state index contributed by atoms with van der Waals surface area (Å²) in [5.41, 5.74) is 1.18. The number of carbonyl (C=O) groups is 1. The van der Waals surface area contributed by atoms with Crippen molar-refractivity contribution in [1.29, 1.82) is 0 Å². The van der Waals surface area contributed by atoms with Gasteiger partial charge in [0.2, 0.25) is 5.91 Å². The van der Waals surface area contributed by atoms with Crippen molar-refractivity contribution in [2.24, 2.45) is 0 Å². The van der Waals surface area contributed by atoms with Gasteiger partial charge in [0.25, 0.3) is 0 Å². The summed E-state index contributed by atoms with van der Waals surface area (Å²) >= 11 is 0. The molecule has 2 unspecified atom stereocenters. The first kappa shape index (κ1) is 12.8. The lowest BCUT2D eigenvalue weighted by Gasteiger charge is -2.34. The number of hydrogen-bond donors (Lipinski definition) is 2. The third-order valence-corrected chi connectivity index (χ3v) is 3.50. The van der Waals surface area contributed by atoms with E-state index in [-0.39, 0.29) is 18.0 Å². The molecule has 1 aliphatic rings. The van der Waals surface area contributed by atoms with Crippen molar-refractivity contribution >= 4 is 11.7 Å². The fourth-order valence-corrected chi connectivity index (χ4v) is 2.12. The van der Waals surface area contributed by atoms with Crippen molar-refractivity contribution in [3.05, 3.63) is 23.9 Å². The quantitative estimate of drug-likeness (QED) is 0.826. The Morgan fingerprint density at radius 3 is 3.11 bits per heavy atom. The van der Waals surface area contributed by atoms with Gasteiger partial charge in [0.05, 0.1) is 0 Å². The third kappa shape index (κ3) is 2.46. The largest absolute Gasteiger partial charge is 0.353 e. The van der Waals surface area contributed by atoms with E-state index in [9.17, 15) is 4.79 Å². The van der Waals surface area contributed by atoms with Crippen LogP contribution in [0.1, 0.15) is 25.5 Å². The molecule has 0 saturated carbocycles. The standard InChI is InChI=1S/C13H20N4O/c1-9(14-3)11-4-5-15-12(8-11)17-7-6-16-13(18)10(17)2/h4-5,8-10,14H,6-7H2,1-3H3,(H,16,18). The van der Waals surface area contributed by atoms with E-state index >= 15 is 0 Å². The minimum atomic E-state index is -0.161. The summed E-state index contributed by atoms with van der Waals surface area (Å²) in [4.78, 5) is 18.1. The van der Waals surface area contributed by atoms with Crippen LogP contribution in [0.25, 0.3) is 0 Å². The lowest BCUT2D eigenvalue weighted by molar-refractivity contribution is -0.122. The highest BCUT2D eigenvalue weighted by Gasteiger charge is 2.26. The highest BCUT2D eigenvalue weighted by Crippen LogP contribution is 2.20. The lowest BCUT2D eigenvalue weighted by atomic mass is 10.1. The first-order valence-electron chi connectivity index (χ1n) is 6.31. The normalized spacial score (nSPS) is 21.6. The Bertz CT molecular complexity index is 435. The number of nitrogens with zero attached hydrogens (tertiary/aromatic N) is 2. The number of hydrogen-bond acceptors (Lipinski definition) is 4. The number of piperazine rings is 1. The molecule has 18 heavy (non-hydrogen) atoms. The van der Waals surface area contributed by atoms with Gasteiger partial charge in [-0.3, -0.25) is 4.79 Å². The van der Waals surface area contributed by atoms with Crippen LogP contribution in [0.15, 0.2) is 18.3 Å². The Labute approximate surface area is 108 Å². The minimum Gasteiger partial charge on any atom is -0.353 e. The number of aromatic nitrogens is 1. The third-order valence-electron chi connectivity index (χ3n) is 3.50. The second kappa shape index (κ2) is 5.35. The zero-order chi connectivity index (χ0) is 13.1. The van der Waals surface area contributed by atoms with Gasteiger partial charge in [-0.25, -0.2) is 4.98 Å². The molecule has 5 nitrogen and oxygen atoms in total. The van der Waals surface area contributed by atoms with Crippen molar-refractivity contribution in [3.63, 3.8) is 0 Å². The van der Waals surface area contributed by atoms with Crippen LogP contribution >= 0.6 is 0 Å². The molecule has 2 atom stereocenters. The van der Waals surface area contributed by atoms with Crippen LogP contribution in [0, 0.1) is 0 Å². The van der Waals surface area contributed by atoms with E-state index in [0.717, 1.165) is 12.4 Å². The molecule has 1 aliphatic heterocycles. The molecule has 0 bridgehead atoms. The number of anilines is 1. The number of amides is 1. The Hall–Kier alpha value is -1.62. The summed E-state index contributed by atoms with van der Waals surface area (Å²) in [5.74, 6) is 0.937. The number of rotatable bonds is 3. The molecule has 1 saturated heterocycles. The van der Waals surface area contributed by atoms with Crippen LogP contribution in [-0.2, 0) is 4.79 Å². The zero-order valence-electron chi connectivity index (χ0n) is 11.1. The molecule has 0 radical (unpaired) electrons. The maximum atomic E-state index is 11.7. The van der Waals surface area contributed by atoms with Gasteiger partial charge >= 0.3 is 0 Å². The topological polar surface area (TPSA) is 57.3 Å². The molecule has 0 spiro atoms. The average Bonchev–Trinajstić information content (AvgIpc) is 2.41.